The van der Waals surface area contributed by atoms with Gasteiger partial charge in [-0.25, -0.2) is 0 Å². The Morgan fingerprint density at radius 2 is 1.88 bits per heavy atom. The van der Waals surface area contributed by atoms with E-state index in [4.69, 9.17) is 0 Å². The van der Waals surface area contributed by atoms with Gasteiger partial charge < -0.3 is 0 Å². The van der Waals surface area contributed by atoms with Crippen molar-refractivity contribution < 1.29 is 0 Å². The molecule has 0 bridgehead atoms. The molecular weight excluding hydrogens is 192 g/mol. The SMILES string of the molecule is CCCCC(C)(C)c1ccc2c(c1)CCC2. The zero-order valence-corrected chi connectivity index (χ0v) is 11.0. The minimum absolute atomic E-state index is 0.355. The van der Waals surface area contributed by atoms with Crippen molar-refractivity contribution in [2.45, 2.75) is 64.7 Å². The molecule has 0 amide bonds. The van der Waals surface area contributed by atoms with Crippen LogP contribution in [0.3, 0.4) is 0 Å². The second-order valence-corrected chi connectivity index (χ2v) is 5.82. The smallest absolute Gasteiger partial charge is 0.0103 e. The minimum Gasteiger partial charge on any atom is -0.0654 e. The summed E-state index contributed by atoms with van der Waals surface area (Å²) in [5.41, 5.74) is 5.10. The summed E-state index contributed by atoms with van der Waals surface area (Å²) in [6.07, 6.45) is 7.90. The number of aryl methyl sites for hydroxylation is 2. The molecule has 1 aromatic carbocycles. The van der Waals surface area contributed by atoms with Crippen LogP contribution < -0.4 is 0 Å². The first-order valence-corrected chi connectivity index (χ1v) is 6.76. The van der Waals surface area contributed by atoms with Gasteiger partial charge in [-0.3, -0.25) is 0 Å². The average molecular weight is 216 g/mol. The van der Waals surface area contributed by atoms with Crippen LogP contribution in [0.1, 0.15) is 63.1 Å². The quantitative estimate of drug-likeness (QED) is 0.687. The summed E-state index contributed by atoms with van der Waals surface area (Å²) in [7, 11) is 0. The van der Waals surface area contributed by atoms with Crippen LogP contribution in [-0.4, -0.2) is 0 Å². The molecule has 0 aliphatic heterocycles. The number of benzene rings is 1. The van der Waals surface area contributed by atoms with Crippen LogP contribution in [0.5, 0.6) is 0 Å². The van der Waals surface area contributed by atoms with Crippen molar-refractivity contribution in [3.63, 3.8) is 0 Å². The van der Waals surface area contributed by atoms with E-state index in [9.17, 15) is 0 Å². The van der Waals surface area contributed by atoms with E-state index >= 15 is 0 Å². The minimum atomic E-state index is 0.355. The maximum atomic E-state index is 2.47. The van der Waals surface area contributed by atoms with Gasteiger partial charge in [0.2, 0.25) is 0 Å². The van der Waals surface area contributed by atoms with Crippen molar-refractivity contribution in [3.05, 3.63) is 34.9 Å². The molecule has 0 unspecified atom stereocenters. The van der Waals surface area contributed by atoms with Crippen molar-refractivity contribution >= 4 is 0 Å². The highest BCUT2D eigenvalue weighted by atomic mass is 14.3. The van der Waals surface area contributed by atoms with Gasteiger partial charge in [0.1, 0.15) is 0 Å². The zero-order chi connectivity index (χ0) is 11.6. The Kier molecular flexibility index (Phi) is 3.37. The Morgan fingerprint density at radius 3 is 2.62 bits per heavy atom. The lowest BCUT2D eigenvalue weighted by molar-refractivity contribution is 0.457. The summed E-state index contributed by atoms with van der Waals surface area (Å²) in [6, 6.07) is 7.20. The van der Waals surface area contributed by atoms with Crippen LogP contribution in [0, 0.1) is 0 Å². The summed E-state index contributed by atoms with van der Waals surface area (Å²) < 4.78 is 0. The van der Waals surface area contributed by atoms with Crippen LogP contribution in [-0.2, 0) is 18.3 Å². The molecule has 0 saturated carbocycles. The Hall–Kier alpha value is -0.780. The Bertz CT molecular complexity index is 360. The fraction of sp³-hybridized carbons (Fsp3) is 0.625. The average Bonchev–Trinajstić information content (AvgIpc) is 2.73. The Morgan fingerprint density at radius 1 is 1.12 bits per heavy atom. The van der Waals surface area contributed by atoms with E-state index in [-0.39, 0.29) is 0 Å². The van der Waals surface area contributed by atoms with Gasteiger partial charge in [0, 0.05) is 0 Å². The number of unbranched alkanes of at least 4 members (excludes halogenated alkanes) is 1. The Labute approximate surface area is 100 Å². The largest absolute Gasteiger partial charge is 0.0654 e. The van der Waals surface area contributed by atoms with Crippen molar-refractivity contribution in [1.82, 2.24) is 0 Å². The molecule has 0 heteroatoms. The van der Waals surface area contributed by atoms with Crippen molar-refractivity contribution in [2.75, 3.05) is 0 Å². The van der Waals surface area contributed by atoms with Crippen molar-refractivity contribution in [3.8, 4) is 0 Å². The lowest BCUT2D eigenvalue weighted by atomic mass is 9.79. The third kappa shape index (κ3) is 2.31. The topological polar surface area (TPSA) is 0 Å². The standard InChI is InChI=1S/C16H24/c1-4-5-11-16(2,3)15-10-9-13-7-6-8-14(13)12-15/h9-10,12H,4-8,11H2,1-3H3. The van der Waals surface area contributed by atoms with Crippen LogP contribution >= 0.6 is 0 Å². The van der Waals surface area contributed by atoms with Gasteiger partial charge in [0.05, 0.1) is 0 Å². The van der Waals surface area contributed by atoms with Crippen LogP contribution in [0.15, 0.2) is 18.2 Å². The van der Waals surface area contributed by atoms with Gasteiger partial charge in [-0.05, 0) is 47.8 Å². The molecule has 0 nitrogen and oxygen atoms in total. The second kappa shape index (κ2) is 4.61. The van der Waals surface area contributed by atoms with Gasteiger partial charge in [0.25, 0.3) is 0 Å². The fourth-order valence-electron chi connectivity index (χ4n) is 2.76. The van der Waals surface area contributed by atoms with E-state index in [1.54, 1.807) is 16.7 Å². The van der Waals surface area contributed by atoms with Gasteiger partial charge in [-0.1, -0.05) is 51.8 Å². The predicted molar refractivity (Wildman–Crippen MR) is 71.0 cm³/mol. The van der Waals surface area contributed by atoms with E-state index < -0.39 is 0 Å². The highest BCUT2D eigenvalue weighted by Gasteiger charge is 2.21. The molecule has 16 heavy (non-hydrogen) atoms. The molecule has 2 rings (SSSR count). The molecule has 0 radical (unpaired) electrons. The van der Waals surface area contributed by atoms with Crippen LogP contribution in [0.4, 0.5) is 0 Å². The van der Waals surface area contributed by atoms with E-state index in [2.05, 4.69) is 39.0 Å². The molecule has 0 aromatic heterocycles. The molecule has 0 fully saturated rings. The normalized spacial score (nSPS) is 15.2. The van der Waals surface area contributed by atoms with Gasteiger partial charge in [-0.2, -0.15) is 0 Å². The van der Waals surface area contributed by atoms with E-state index in [1.807, 2.05) is 0 Å². The van der Waals surface area contributed by atoms with Gasteiger partial charge in [-0.15, -0.1) is 0 Å². The lowest BCUT2D eigenvalue weighted by Gasteiger charge is -2.26. The van der Waals surface area contributed by atoms with E-state index in [0.29, 0.717) is 5.41 Å². The number of hydrogen-bond donors (Lipinski definition) is 0. The molecule has 0 N–H and O–H groups in total. The maximum Gasteiger partial charge on any atom is -0.0103 e. The summed E-state index contributed by atoms with van der Waals surface area (Å²) >= 11 is 0. The van der Waals surface area contributed by atoms with Crippen LogP contribution in [0.2, 0.25) is 0 Å². The summed E-state index contributed by atoms with van der Waals surface area (Å²) in [5.74, 6) is 0. The molecule has 88 valence electrons. The highest BCUT2D eigenvalue weighted by molar-refractivity contribution is 5.38. The first kappa shape index (κ1) is 11.7. The maximum absolute atomic E-state index is 2.47. The molecule has 0 spiro atoms. The number of rotatable bonds is 4. The lowest BCUT2D eigenvalue weighted by Crippen LogP contribution is -2.17. The molecule has 1 aliphatic rings. The highest BCUT2D eigenvalue weighted by Crippen LogP contribution is 2.32. The first-order chi connectivity index (χ1) is 7.63. The summed E-state index contributed by atoms with van der Waals surface area (Å²) in [6.45, 7) is 7.05. The van der Waals surface area contributed by atoms with Crippen molar-refractivity contribution in [1.29, 1.82) is 0 Å². The molecular formula is C16H24. The molecule has 1 aliphatic carbocycles. The molecule has 0 heterocycles. The van der Waals surface area contributed by atoms with Crippen LogP contribution in [0.25, 0.3) is 0 Å². The van der Waals surface area contributed by atoms with Gasteiger partial charge >= 0.3 is 0 Å². The molecule has 1 aromatic rings. The fourth-order valence-corrected chi connectivity index (χ4v) is 2.76. The van der Waals surface area contributed by atoms with Crippen molar-refractivity contribution in [2.24, 2.45) is 0 Å². The summed E-state index contributed by atoms with van der Waals surface area (Å²) in [5, 5.41) is 0. The first-order valence-electron chi connectivity index (χ1n) is 6.76. The monoisotopic (exact) mass is 216 g/mol. The zero-order valence-electron chi connectivity index (χ0n) is 11.0. The third-order valence-corrected chi connectivity index (χ3v) is 4.04. The number of hydrogen-bond acceptors (Lipinski definition) is 0. The van der Waals surface area contributed by atoms with E-state index in [1.165, 1.54) is 38.5 Å². The van der Waals surface area contributed by atoms with Gasteiger partial charge in [0.15, 0.2) is 0 Å². The molecule has 0 atom stereocenters. The van der Waals surface area contributed by atoms with E-state index in [0.717, 1.165) is 0 Å². The Balaban J connectivity index is 2.20. The molecule has 0 saturated heterocycles. The number of fused-ring (bicyclic) bond motifs is 1. The summed E-state index contributed by atoms with van der Waals surface area (Å²) in [4.78, 5) is 0. The predicted octanol–water partition coefficient (Wildman–Crippen LogP) is 4.64. The third-order valence-electron chi connectivity index (χ3n) is 4.04. The second-order valence-electron chi connectivity index (χ2n) is 5.82.